The molecule has 0 saturated heterocycles. The second kappa shape index (κ2) is 9.63. The number of hydrogen-bond donors (Lipinski definition) is 0. The molecule has 0 aliphatic heterocycles. The van der Waals surface area contributed by atoms with Crippen molar-refractivity contribution in [2.24, 2.45) is 59.2 Å². The van der Waals surface area contributed by atoms with Crippen LogP contribution in [-0.2, 0) is 0 Å². The van der Waals surface area contributed by atoms with Crippen LogP contribution in [0.1, 0.15) is 94.9 Å². The van der Waals surface area contributed by atoms with Crippen molar-refractivity contribution in [2.45, 2.75) is 94.9 Å². The summed E-state index contributed by atoms with van der Waals surface area (Å²) in [7, 11) is 0. The van der Waals surface area contributed by atoms with Gasteiger partial charge in [-0.3, -0.25) is 0 Å². The standard InChI is InChI=1S/C7H14.2C6H12.C5H10/c1-4-7-5(2)6(7)3;1-4-5(2)6(4)3;1-3-6-4-5(6)2;1-4-3-5(4)2/h5-7H,4H2,1-3H3;4-6H,1-3H3;5-6H,3-4H2,1-2H3;4-5H,3H2,1-2H3. The molecule has 6 unspecified atom stereocenters. The van der Waals surface area contributed by atoms with Crippen LogP contribution in [0.4, 0.5) is 0 Å². The highest BCUT2D eigenvalue weighted by Crippen LogP contribution is 2.47. The molecule has 0 spiro atoms. The highest BCUT2D eigenvalue weighted by molar-refractivity contribution is 4.89. The van der Waals surface area contributed by atoms with E-state index in [9.17, 15) is 0 Å². The molecule has 0 aromatic rings. The highest BCUT2D eigenvalue weighted by atomic mass is 14.5. The summed E-state index contributed by atoms with van der Waals surface area (Å²) in [6.07, 6.45) is 5.76. The van der Waals surface area contributed by atoms with Gasteiger partial charge in [0.25, 0.3) is 0 Å². The Bertz CT molecular complexity index is 310. The molecule has 144 valence electrons. The molecule has 0 N–H and O–H groups in total. The third-order valence-corrected chi connectivity index (χ3v) is 8.17. The van der Waals surface area contributed by atoms with Gasteiger partial charge in [-0.1, -0.05) is 82.1 Å². The molecule has 4 saturated carbocycles. The SMILES string of the molecule is CC1C(C)C1C.CC1CC1C.CCC1C(C)C1C.CCC1CC1C. The normalized spacial score (nSPS) is 49.2. The monoisotopic (exact) mass is 336 g/mol. The summed E-state index contributed by atoms with van der Waals surface area (Å²) in [5.74, 6) is 10.5. The molecule has 6 atom stereocenters. The predicted octanol–water partition coefficient (Wildman–Crippen LogP) is 7.92. The summed E-state index contributed by atoms with van der Waals surface area (Å²) in [4.78, 5) is 0. The van der Waals surface area contributed by atoms with Gasteiger partial charge in [-0.2, -0.15) is 0 Å². The third kappa shape index (κ3) is 7.49. The number of rotatable bonds is 2. The zero-order valence-electron chi connectivity index (χ0n) is 18.6. The van der Waals surface area contributed by atoms with Gasteiger partial charge in [0.1, 0.15) is 0 Å². The van der Waals surface area contributed by atoms with E-state index in [1.165, 1.54) is 25.7 Å². The minimum Gasteiger partial charge on any atom is -0.0651 e. The Morgan fingerprint density at radius 2 is 0.833 bits per heavy atom. The molecule has 0 heterocycles. The first-order valence-electron chi connectivity index (χ1n) is 11.1. The van der Waals surface area contributed by atoms with Crippen LogP contribution in [0.2, 0.25) is 0 Å². The molecular formula is C24H48. The van der Waals surface area contributed by atoms with Crippen molar-refractivity contribution in [3.63, 3.8) is 0 Å². The van der Waals surface area contributed by atoms with Gasteiger partial charge in [-0.25, -0.2) is 0 Å². The Labute approximate surface area is 154 Å². The molecule has 0 radical (unpaired) electrons. The Morgan fingerprint density at radius 1 is 0.500 bits per heavy atom. The first-order valence-corrected chi connectivity index (χ1v) is 11.1. The largest absolute Gasteiger partial charge is 0.0651 e. The molecule has 24 heavy (non-hydrogen) atoms. The molecule has 0 amide bonds. The van der Waals surface area contributed by atoms with E-state index in [-0.39, 0.29) is 0 Å². The Hall–Kier alpha value is 0. The van der Waals surface area contributed by atoms with Crippen molar-refractivity contribution in [3.8, 4) is 0 Å². The van der Waals surface area contributed by atoms with Gasteiger partial charge in [0.2, 0.25) is 0 Å². The van der Waals surface area contributed by atoms with E-state index >= 15 is 0 Å². The summed E-state index contributed by atoms with van der Waals surface area (Å²) >= 11 is 0. The highest BCUT2D eigenvalue weighted by Gasteiger charge is 2.40. The summed E-state index contributed by atoms with van der Waals surface area (Å²) in [6, 6.07) is 0. The molecule has 4 fully saturated rings. The molecule has 0 bridgehead atoms. The average molecular weight is 337 g/mol. The third-order valence-electron chi connectivity index (χ3n) is 8.17. The molecule has 4 aliphatic carbocycles. The lowest BCUT2D eigenvalue weighted by molar-refractivity contribution is 0.707. The fourth-order valence-electron chi connectivity index (χ4n) is 3.90. The average Bonchev–Trinajstić information content (AvgIpc) is 3.52. The van der Waals surface area contributed by atoms with Gasteiger partial charge in [0.15, 0.2) is 0 Å². The molecule has 0 aromatic carbocycles. The van der Waals surface area contributed by atoms with Crippen molar-refractivity contribution in [3.05, 3.63) is 0 Å². The second-order valence-corrected chi connectivity index (χ2v) is 9.94. The molecule has 0 nitrogen and oxygen atoms in total. The second-order valence-electron chi connectivity index (χ2n) is 9.94. The van der Waals surface area contributed by atoms with Crippen molar-refractivity contribution < 1.29 is 0 Å². The van der Waals surface area contributed by atoms with Gasteiger partial charge in [0.05, 0.1) is 0 Å². The minimum absolute atomic E-state index is 1.02. The van der Waals surface area contributed by atoms with E-state index in [2.05, 4.69) is 69.2 Å². The van der Waals surface area contributed by atoms with Crippen LogP contribution in [0.5, 0.6) is 0 Å². The van der Waals surface area contributed by atoms with Crippen LogP contribution in [0.15, 0.2) is 0 Å². The maximum atomic E-state index is 2.35. The van der Waals surface area contributed by atoms with Crippen molar-refractivity contribution in [2.75, 3.05) is 0 Å². The molecule has 4 aliphatic rings. The van der Waals surface area contributed by atoms with E-state index in [0.717, 1.165) is 59.2 Å². The summed E-state index contributed by atoms with van der Waals surface area (Å²) < 4.78 is 0. The first-order chi connectivity index (χ1) is 11.1. The van der Waals surface area contributed by atoms with Gasteiger partial charge in [-0.15, -0.1) is 0 Å². The number of hydrogen-bond acceptors (Lipinski definition) is 0. The van der Waals surface area contributed by atoms with Crippen LogP contribution >= 0.6 is 0 Å². The lowest BCUT2D eigenvalue weighted by Gasteiger charge is -1.80. The molecule has 0 heteroatoms. The topological polar surface area (TPSA) is 0 Å². The predicted molar refractivity (Wildman–Crippen MR) is 110 cm³/mol. The van der Waals surface area contributed by atoms with Crippen molar-refractivity contribution >= 4 is 0 Å². The van der Waals surface area contributed by atoms with Gasteiger partial charge in [0, 0.05) is 0 Å². The molecule has 0 aromatic heterocycles. The summed E-state index contributed by atoms with van der Waals surface area (Å²) in [5.41, 5.74) is 0. The smallest absolute Gasteiger partial charge is 0.0360 e. The minimum atomic E-state index is 1.02. The zero-order chi connectivity index (χ0) is 18.6. The lowest BCUT2D eigenvalue weighted by Crippen LogP contribution is -1.70. The van der Waals surface area contributed by atoms with Crippen LogP contribution in [0.3, 0.4) is 0 Å². The maximum absolute atomic E-state index is 2.35. The van der Waals surface area contributed by atoms with Gasteiger partial charge in [-0.05, 0) is 72.0 Å². The Balaban J connectivity index is 0.000000161. The first kappa shape index (κ1) is 22.0. The van der Waals surface area contributed by atoms with Crippen molar-refractivity contribution in [1.29, 1.82) is 0 Å². The van der Waals surface area contributed by atoms with Crippen LogP contribution in [-0.4, -0.2) is 0 Å². The fraction of sp³-hybridized carbons (Fsp3) is 1.00. The van der Waals surface area contributed by atoms with Gasteiger partial charge >= 0.3 is 0 Å². The van der Waals surface area contributed by atoms with E-state index in [4.69, 9.17) is 0 Å². The van der Waals surface area contributed by atoms with E-state index < -0.39 is 0 Å². The maximum Gasteiger partial charge on any atom is -0.0360 e. The summed E-state index contributed by atoms with van der Waals surface area (Å²) in [5, 5.41) is 0. The lowest BCUT2D eigenvalue weighted by atomic mass is 10.3. The Morgan fingerprint density at radius 3 is 0.833 bits per heavy atom. The van der Waals surface area contributed by atoms with Crippen LogP contribution in [0, 0.1) is 59.2 Å². The van der Waals surface area contributed by atoms with Crippen LogP contribution in [0.25, 0.3) is 0 Å². The van der Waals surface area contributed by atoms with E-state index in [1.807, 2.05) is 0 Å². The fourth-order valence-corrected chi connectivity index (χ4v) is 3.90. The van der Waals surface area contributed by atoms with Crippen LogP contribution < -0.4 is 0 Å². The molecule has 4 rings (SSSR count). The van der Waals surface area contributed by atoms with E-state index in [1.54, 1.807) is 0 Å². The van der Waals surface area contributed by atoms with E-state index in [0.29, 0.717) is 0 Å². The molecular weight excluding hydrogens is 288 g/mol. The zero-order valence-corrected chi connectivity index (χ0v) is 18.6. The quantitative estimate of drug-likeness (QED) is 0.480. The Kier molecular flexibility index (Phi) is 8.84. The van der Waals surface area contributed by atoms with Crippen molar-refractivity contribution in [1.82, 2.24) is 0 Å². The van der Waals surface area contributed by atoms with Gasteiger partial charge < -0.3 is 0 Å². The summed E-state index contributed by atoms with van der Waals surface area (Å²) in [6.45, 7) is 23.1.